The molecule has 2 heterocycles. The van der Waals surface area contributed by atoms with E-state index in [1.54, 1.807) is 0 Å². The predicted octanol–water partition coefficient (Wildman–Crippen LogP) is 3.93. The molecular formula is C21H26N2O3. The largest absolute Gasteiger partial charge is 0.486 e. The van der Waals surface area contributed by atoms with Crippen molar-refractivity contribution < 1.29 is 14.3 Å². The standard InChI is InChI=1S/C21H26N2O3/c1-14-12-18(21(24)22-16-6-4-3-5-7-16)15(2)23(14)17-8-9-19-20(13-17)26-11-10-25-19/h8-9,12-13,16H,3-7,10-11H2,1-2H3,(H,22,24). The van der Waals surface area contributed by atoms with Crippen molar-refractivity contribution in [2.45, 2.75) is 52.0 Å². The fraction of sp³-hybridized carbons (Fsp3) is 0.476. The van der Waals surface area contributed by atoms with Gasteiger partial charge in [0.25, 0.3) is 5.91 Å². The quantitative estimate of drug-likeness (QED) is 0.909. The number of aromatic nitrogens is 1. The van der Waals surface area contributed by atoms with Crippen molar-refractivity contribution >= 4 is 5.91 Å². The molecule has 1 aliphatic heterocycles. The average molecular weight is 354 g/mol. The summed E-state index contributed by atoms with van der Waals surface area (Å²) in [5, 5.41) is 3.22. The summed E-state index contributed by atoms with van der Waals surface area (Å²) >= 11 is 0. The molecule has 0 atom stereocenters. The van der Waals surface area contributed by atoms with Gasteiger partial charge in [0.15, 0.2) is 11.5 Å². The average Bonchev–Trinajstić information content (AvgIpc) is 2.96. The van der Waals surface area contributed by atoms with Gasteiger partial charge in [0.1, 0.15) is 13.2 Å². The third kappa shape index (κ3) is 3.18. The molecule has 5 nitrogen and oxygen atoms in total. The summed E-state index contributed by atoms with van der Waals surface area (Å²) in [6.45, 7) is 5.18. The number of aryl methyl sites for hydroxylation is 1. The second-order valence-corrected chi connectivity index (χ2v) is 7.26. The van der Waals surface area contributed by atoms with Crippen molar-refractivity contribution in [3.8, 4) is 17.2 Å². The van der Waals surface area contributed by atoms with Crippen molar-refractivity contribution in [1.29, 1.82) is 0 Å². The zero-order valence-corrected chi connectivity index (χ0v) is 15.5. The zero-order chi connectivity index (χ0) is 18.1. The number of nitrogens with one attached hydrogen (secondary N) is 1. The number of amides is 1. The fourth-order valence-electron chi connectivity index (χ4n) is 4.07. The van der Waals surface area contributed by atoms with Gasteiger partial charge in [-0.1, -0.05) is 19.3 Å². The van der Waals surface area contributed by atoms with Gasteiger partial charge in [-0.15, -0.1) is 0 Å². The van der Waals surface area contributed by atoms with E-state index in [0.717, 1.165) is 47.0 Å². The Hall–Kier alpha value is -2.43. The molecule has 2 aliphatic rings. The molecule has 1 aromatic heterocycles. The van der Waals surface area contributed by atoms with E-state index in [1.807, 2.05) is 38.1 Å². The molecule has 0 radical (unpaired) electrons. The lowest BCUT2D eigenvalue weighted by Gasteiger charge is -2.22. The summed E-state index contributed by atoms with van der Waals surface area (Å²) in [4.78, 5) is 12.8. The van der Waals surface area contributed by atoms with Gasteiger partial charge in [0, 0.05) is 29.2 Å². The number of nitrogens with zero attached hydrogens (tertiary/aromatic N) is 1. The molecule has 1 fully saturated rings. The highest BCUT2D eigenvalue weighted by atomic mass is 16.6. The minimum absolute atomic E-state index is 0.0359. The zero-order valence-electron chi connectivity index (χ0n) is 15.5. The first-order valence-corrected chi connectivity index (χ1v) is 9.53. The van der Waals surface area contributed by atoms with Gasteiger partial charge in [0.2, 0.25) is 0 Å². The Bertz CT molecular complexity index is 819. The van der Waals surface area contributed by atoms with Crippen LogP contribution in [0.25, 0.3) is 5.69 Å². The predicted molar refractivity (Wildman–Crippen MR) is 101 cm³/mol. The number of benzene rings is 1. The molecule has 1 aliphatic carbocycles. The van der Waals surface area contributed by atoms with Crippen LogP contribution in [-0.4, -0.2) is 29.7 Å². The van der Waals surface area contributed by atoms with Crippen LogP contribution in [0.4, 0.5) is 0 Å². The van der Waals surface area contributed by atoms with E-state index >= 15 is 0 Å². The van der Waals surface area contributed by atoms with E-state index in [9.17, 15) is 4.79 Å². The Morgan fingerprint density at radius 3 is 2.54 bits per heavy atom. The second kappa shape index (κ2) is 7.06. The molecule has 1 saturated carbocycles. The third-order valence-electron chi connectivity index (χ3n) is 5.40. The number of fused-ring (bicyclic) bond motifs is 1. The van der Waals surface area contributed by atoms with Crippen LogP contribution in [0.1, 0.15) is 53.8 Å². The molecule has 4 rings (SSSR count). The Morgan fingerprint density at radius 1 is 1.04 bits per heavy atom. The summed E-state index contributed by atoms with van der Waals surface area (Å²) in [5.41, 5.74) is 3.73. The number of hydrogen-bond donors (Lipinski definition) is 1. The van der Waals surface area contributed by atoms with Gasteiger partial charge in [-0.3, -0.25) is 4.79 Å². The molecule has 0 saturated heterocycles. The van der Waals surface area contributed by atoms with Crippen LogP contribution in [0, 0.1) is 13.8 Å². The monoisotopic (exact) mass is 354 g/mol. The molecule has 2 aromatic rings. The van der Waals surface area contributed by atoms with E-state index in [2.05, 4.69) is 9.88 Å². The van der Waals surface area contributed by atoms with Gasteiger partial charge >= 0.3 is 0 Å². The first-order valence-electron chi connectivity index (χ1n) is 9.53. The van der Waals surface area contributed by atoms with E-state index < -0.39 is 0 Å². The van der Waals surface area contributed by atoms with Crippen molar-refractivity contribution in [3.63, 3.8) is 0 Å². The maximum absolute atomic E-state index is 12.8. The van der Waals surface area contributed by atoms with Crippen molar-refractivity contribution in [2.24, 2.45) is 0 Å². The number of carbonyl (C=O) groups is 1. The van der Waals surface area contributed by atoms with E-state index in [1.165, 1.54) is 19.3 Å². The lowest BCUT2D eigenvalue weighted by Crippen LogP contribution is -2.36. The summed E-state index contributed by atoms with van der Waals surface area (Å²) in [7, 11) is 0. The lowest BCUT2D eigenvalue weighted by molar-refractivity contribution is 0.0927. The molecule has 0 spiro atoms. The Balaban J connectivity index is 1.61. The first kappa shape index (κ1) is 17.0. The Kier molecular flexibility index (Phi) is 4.62. The van der Waals surface area contributed by atoms with Gasteiger partial charge in [-0.05, 0) is 44.9 Å². The van der Waals surface area contributed by atoms with Gasteiger partial charge < -0.3 is 19.4 Å². The summed E-state index contributed by atoms with van der Waals surface area (Å²) in [6, 6.07) is 8.22. The Labute approximate surface area is 154 Å². The molecule has 138 valence electrons. The number of carbonyl (C=O) groups excluding carboxylic acids is 1. The molecular weight excluding hydrogens is 328 g/mol. The number of ether oxygens (including phenoxy) is 2. The summed E-state index contributed by atoms with van der Waals surface area (Å²) in [5.74, 6) is 1.57. The highest BCUT2D eigenvalue weighted by Gasteiger charge is 2.21. The number of hydrogen-bond acceptors (Lipinski definition) is 3. The van der Waals surface area contributed by atoms with Crippen LogP contribution in [0.5, 0.6) is 11.5 Å². The molecule has 1 aromatic carbocycles. The maximum Gasteiger partial charge on any atom is 0.253 e. The lowest BCUT2D eigenvalue weighted by atomic mass is 9.95. The van der Waals surface area contributed by atoms with Crippen molar-refractivity contribution in [2.75, 3.05) is 13.2 Å². The van der Waals surface area contributed by atoms with Crippen molar-refractivity contribution in [1.82, 2.24) is 9.88 Å². The van der Waals surface area contributed by atoms with Crippen LogP contribution < -0.4 is 14.8 Å². The molecule has 1 N–H and O–H groups in total. The Morgan fingerprint density at radius 2 is 1.77 bits per heavy atom. The summed E-state index contributed by atoms with van der Waals surface area (Å²) < 4.78 is 13.4. The molecule has 0 bridgehead atoms. The van der Waals surface area contributed by atoms with E-state index in [0.29, 0.717) is 19.3 Å². The van der Waals surface area contributed by atoms with Crippen LogP contribution >= 0.6 is 0 Å². The topological polar surface area (TPSA) is 52.5 Å². The maximum atomic E-state index is 12.8. The van der Waals surface area contributed by atoms with Crippen LogP contribution in [0.3, 0.4) is 0 Å². The molecule has 0 unspecified atom stereocenters. The van der Waals surface area contributed by atoms with Gasteiger partial charge in [0.05, 0.1) is 5.56 Å². The van der Waals surface area contributed by atoms with Gasteiger partial charge in [-0.25, -0.2) is 0 Å². The summed E-state index contributed by atoms with van der Waals surface area (Å²) in [6.07, 6.45) is 5.88. The minimum Gasteiger partial charge on any atom is -0.486 e. The molecule has 26 heavy (non-hydrogen) atoms. The van der Waals surface area contributed by atoms with Gasteiger partial charge in [-0.2, -0.15) is 0 Å². The highest BCUT2D eigenvalue weighted by molar-refractivity contribution is 5.96. The molecule has 1 amide bonds. The van der Waals surface area contributed by atoms with E-state index in [4.69, 9.17) is 9.47 Å². The van der Waals surface area contributed by atoms with Crippen LogP contribution in [-0.2, 0) is 0 Å². The minimum atomic E-state index is 0.0359. The van der Waals surface area contributed by atoms with Crippen LogP contribution in [0.15, 0.2) is 24.3 Å². The van der Waals surface area contributed by atoms with Crippen LogP contribution in [0.2, 0.25) is 0 Å². The highest BCUT2D eigenvalue weighted by Crippen LogP contribution is 2.33. The SMILES string of the molecule is Cc1cc(C(=O)NC2CCCCC2)c(C)n1-c1ccc2c(c1)OCCO2. The second-order valence-electron chi connectivity index (χ2n) is 7.26. The van der Waals surface area contributed by atoms with E-state index in [-0.39, 0.29) is 5.91 Å². The van der Waals surface area contributed by atoms with Crippen molar-refractivity contribution in [3.05, 3.63) is 41.2 Å². The normalized spacial score (nSPS) is 17.2. The fourth-order valence-corrected chi connectivity index (χ4v) is 4.07. The third-order valence-corrected chi connectivity index (χ3v) is 5.40. The molecule has 5 heteroatoms. The number of rotatable bonds is 3. The first-order chi connectivity index (χ1) is 12.6. The smallest absolute Gasteiger partial charge is 0.253 e.